The molecule has 0 spiro atoms. The van der Waals surface area contributed by atoms with Gasteiger partial charge in [0.15, 0.2) is 0 Å². The number of ether oxygens (including phenoxy) is 2. The van der Waals surface area contributed by atoms with Gasteiger partial charge in [-0.2, -0.15) is 8.42 Å². The molecule has 6 unspecified atom stereocenters. The van der Waals surface area contributed by atoms with Gasteiger partial charge in [-0.05, 0) is 142 Å². The molecular weight excluding hydrogens is 903 g/mol. The lowest BCUT2D eigenvalue weighted by molar-refractivity contribution is -0.147. The average Bonchev–Trinajstić information content (AvgIpc) is 3.49. The van der Waals surface area contributed by atoms with Crippen LogP contribution in [0, 0.1) is 41.3 Å². The van der Waals surface area contributed by atoms with Crippen molar-refractivity contribution in [3.8, 4) is 5.75 Å². The highest BCUT2D eigenvalue weighted by Gasteiger charge is 2.71. The smallest absolute Gasteiger partial charge is 0.339 e. The molecule has 0 radical (unpaired) electrons. The number of carbonyl (C=O) groups excluding carboxylic acids is 3. The monoisotopic (exact) mass is 933 g/mol. The largest absolute Gasteiger partial charge is 0.456 e. The maximum Gasteiger partial charge on any atom is 0.339 e. The summed E-state index contributed by atoms with van der Waals surface area (Å²) < 4.78 is 48.4. The quantitative estimate of drug-likeness (QED) is 0.121. The maximum atomic E-state index is 13.9. The van der Waals surface area contributed by atoms with E-state index < -0.39 is 45.9 Å². The lowest BCUT2D eigenvalue weighted by Gasteiger charge is -2.35. The minimum absolute atomic E-state index is 0.136. The summed E-state index contributed by atoms with van der Waals surface area (Å²) in [5.41, 5.74) is 1.12. The molecule has 3 aliphatic rings. The summed E-state index contributed by atoms with van der Waals surface area (Å²) in [6.45, 7) is 8.97. The third-order valence-electron chi connectivity index (χ3n) is 8.61. The van der Waals surface area contributed by atoms with Gasteiger partial charge in [0.25, 0.3) is 10.1 Å². The van der Waals surface area contributed by atoms with E-state index in [0.29, 0.717) is 23.1 Å². The Balaban J connectivity index is 1.49. The van der Waals surface area contributed by atoms with Crippen LogP contribution in [0.15, 0.2) is 29.2 Å². The summed E-state index contributed by atoms with van der Waals surface area (Å²) >= 11 is 6.47. The van der Waals surface area contributed by atoms with Crippen LogP contribution in [-0.4, -0.2) is 53.9 Å². The molecule has 2 bridgehead atoms. The van der Waals surface area contributed by atoms with Crippen LogP contribution >= 0.6 is 67.8 Å². The molecule has 2 aromatic carbocycles. The number of fused-ring (bicyclic) bond motifs is 1. The average molecular weight is 933 g/mol. The molecule has 0 aromatic heterocycles. The summed E-state index contributed by atoms with van der Waals surface area (Å²) in [4.78, 5) is 42.7. The summed E-state index contributed by atoms with van der Waals surface area (Å²) in [6.07, 6.45) is -0.119. The van der Waals surface area contributed by atoms with Crippen molar-refractivity contribution in [1.82, 2.24) is 4.90 Å². The fourth-order valence-electron chi connectivity index (χ4n) is 6.95. The first-order valence-corrected chi connectivity index (χ1v) is 18.2. The Morgan fingerprint density at radius 3 is 2.31 bits per heavy atom. The Hall–Kier alpha value is -1.05. The molecule has 1 N–H and O–H groups in total. The van der Waals surface area contributed by atoms with Gasteiger partial charge in [-0.3, -0.25) is 14.1 Å². The first-order chi connectivity index (χ1) is 19.5. The van der Waals surface area contributed by atoms with Crippen molar-refractivity contribution in [1.29, 1.82) is 0 Å². The number of likely N-dealkylation sites (tertiary alicyclic amines) is 1. The number of halogens is 3. The minimum Gasteiger partial charge on any atom is -0.456 e. The van der Waals surface area contributed by atoms with Gasteiger partial charge in [0, 0.05) is 22.7 Å². The fraction of sp³-hybridized carbons (Fsp3) is 0.483. The Labute approximate surface area is 286 Å². The van der Waals surface area contributed by atoms with Crippen molar-refractivity contribution in [3.63, 3.8) is 0 Å². The van der Waals surface area contributed by atoms with E-state index in [1.807, 2.05) is 19.9 Å². The van der Waals surface area contributed by atoms with Crippen molar-refractivity contribution in [2.45, 2.75) is 70.0 Å². The lowest BCUT2D eigenvalue weighted by atomic mass is 9.78. The van der Waals surface area contributed by atoms with Crippen LogP contribution < -0.4 is 4.74 Å². The number of rotatable bonds is 7. The van der Waals surface area contributed by atoms with E-state index >= 15 is 0 Å². The van der Waals surface area contributed by atoms with E-state index in [9.17, 15) is 27.4 Å². The van der Waals surface area contributed by atoms with Crippen molar-refractivity contribution in [3.05, 3.63) is 51.7 Å². The second-order valence-electron chi connectivity index (χ2n) is 11.8. The number of hydrogen-bond acceptors (Lipinski definition) is 7. The molecule has 2 saturated carbocycles. The Kier molecular flexibility index (Phi) is 9.02. The van der Waals surface area contributed by atoms with Crippen LogP contribution in [0.4, 0.5) is 0 Å². The maximum absolute atomic E-state index is 13.9. The van der Waals surface area contributed by atoms with Gasteiger partial charge in [0.05, 0.1) is 28.3 Å². The molecule has 2 aliphatic carbocycles. The molecule has 1 aliphatic heterocycles. The number of benzene rings is 2. The summed E-state index contributed by atoms with van der Waals surface area (Å²) in [5.74, 6) is -3.31. The number of nitrogens with zero attached hydrogens (tertiary/aromatic N) is 1. The molecule has 1 saturated heterocycles. The van der Waals surface area contributed by atoms with Crippen LogP contribution in [0.5, 0.6) is 5.75 Å². The molecule has 1 heterocycles. The third-order valence-corrected chi connectivity index (χ3v) is 13.2. The van der Waals surface area contributed by atoms with E-state index in [1.165, 1.54) is 12.1 Å². The zero-order chi connectivity index (χ0) is 31.0. The van der Waals surface area contributed by atoms with Crippen LogP contribution in [-0.2, 0) is 24.4 Å². The van der Waals surface area contributed by atoms with E-state index in [0.717, 1.165) is 10.7 Å². The number of hydrogen-bond donors (Lipinski definition) is 1. The van der Waals surface area contributed by atoms with Crippen molar-refractivity contribution in [2.75, 3.05) is 0 Å². The van der Waals surface area contributed by atoms with Crippen LogP contribution in [0.1, 0.15) is 61.5 Å². The Bertz CT molecular complexity index is 1610. The second-order valence-corrected chi connectivity index (χ2v) is 16.6. The Morgan fingerprint density at radius 1 is 1.05 bits per heavy atom. The minimum atomic E-state index is -4.49. The van der Waals surface area contributed by atoms with Crippen molar-refractivity contribution >= 4 is 95.7 Å². The normalized spacial score (nSPS) is 26.5. The van der Waals surface area contributed by atoms with Gasteiger partial charge in [-0.25, -0.2) is 4.79 Å². The van der Waals surface area contributed by atoms with Crippen molar-refractivity contribution < 1.29 is 36.8 Å². The van der Waals surface area contributed by atoms with Crippen LogP contribution in [0.3, 0.4) is 0 Å². The molecule has 226 valence electrons. The predicted octanol–water partition coefficient (Wildman–Crippen LogP) is 5.81. The fourth-order valence-corrected chi connectivity index (χ4v) is 10.2. The third kappa shape index (κ3) is 5.50. The molecule has 42 heavy (non-hydrogen) atoms. The molecule has 1 amide bonds. The zero-order valence-electron chi connectivity index (χ0n) is 23.4. The van der Waals surface area contributed by atoms with Gasteiger partial charge in [0.2, 0.25) is 5.91 Å². The lowest BCUT2D eigenvalue weighted by Crippen LogP contribution is -2.48. The van der Waals surface area contributed by atoms with E-state index in [4.69, 9.17) is 9.47 Å². The van der Waals surface area contributed by atoms with E-state index in [2.05, 4.69) is 67.8 Å². The van der Waals surface area contributed by atoms with Crippen LogP contribution in [0.25, 0.3) is 0 Å². The molecule has 6 atom stereocenters. The van der Waals surface area contributed by atoms with Gasteiger partial charge in [0.1, 0.15) is 11.9 Å². The Morgan fingerprint density at radius 2 is 1.71 bits per heavy atom. The van der Waals surface area contributed by atoms with Gasteiger partial charge in [-0.15, -0.1) is 0 Å². The summed E-state index contributed by atoms with van der Waals surface area (Å²) in [7, 11) is -4.49. The molecule has 2 aromatic rings. The summed E-state index contributed by atoms with van der Waals surface area (Å²) in [5, 5.41) is 0. The van der Waals surface area contributed by atoms with Gasteiger partial charge >= 0.3 is 11.9 Å². The topological polar surface area (TPSA) is 127 Å². The molecule has 5 rings (SSSR count). The highest BCUT2D eigenvalue weighted by Crippen LogP contribution is 2.60. The predicted molar refractivity (Wildman–Crippen MR) is 179 cm³/mol. The molecular formula is C29H30I3NO8S. The van der Waals surface area contributed by atoms with E-state index in [1.54, 1.807) is 31.7 Å². The highest BCUT2D eigenvalue weighted by molar-refractivity contribution is 14.1. The standard InChI is InChI=1S/C29H30I3NO8S/c1-11(2)15-10-20(13(5)6-21(15)42(37,38)39)40-29(36)23-17-9-16-22(23)27(34)33(12(3)4)25(16)26(17)41-28(35)18-7-14(30)8-19(31)24(18)32/h6-8,10-12,16-17,22-23,25-26H,9H2,1-5H3,(H,37,38,39). The zero-order valence-corrected chi connectivity index (χ0v) is 30.7. The number of carbonyl (C=O) groups is 3. The number of amides is 1. The molecule has 13 heteroatoms. The number of esters is 2. The second kappa shape index (κ2) is 11.7. The van der Waals surface area contributed by atoms with E-state index in [-0.39, 0.29) is 40.5 Å². The molecule has 9 nitrogen and oxygen atoms in total. The SMILES string of the molecule is Cc1cc(S(=O)(=O)O)c(C(C)C)cc1OC(=O)C1C2CC3C1C(=O)N(C(C)C)C3C2OC(=O)c1cc(I)cc(I)c1I. The van der Waals surface area contributed by atoms with Gasteiger partial charge in [-0.1, -0.05) is 13.8 Å². The van der Waals surface area contributed by atoms with Crippen LogP contribution in [0.2, 0.25) is 0 Å². The van der Waals surface area contributed by atoms with Crippen molar-refractivity contribution in [2.24, 2.45) is 23.7 Å². The first-order valence-electron chi connectivity index (χ1n) is 13.5. The highest BCUT2D eigenvalue weighted by atomic mass is 127. The number of aryl methyl sites for hydroxylation is 1. The first kappa shape index (κ1) is 32.3. The van der Waals surface area contributed by atoms with Gasteiger partial charge < -0.3 is 14.4 Å². The molecule has 3 fully saturated rings. The summed E-state index contributed by atoms with van der Waals surface area (Å²) in [6, 6.07) is 6.04.